The van der Waals surface area contributed by atoms with E-state index in [1.165, 1.54) is 49.7 Å². The van der Waals surface area contributed by atoms with E-state index in [0.717, 1.165) is 18.4 Å². The molecule has 0 saturated heterocycles. The van der Waals surface area contributed by atoms with Crippen molar-refractivity contribution in [1.82, 2.24) is 0 Å². The van der Waals surface area contributed by atoms with Gasteiger partial charge in [0.05, 0.1) is 0 Å². The summed E-state index contributed by atoms with van der Waals surface area (Å²) >= 11 is 0. The summed E-state index contributed by atoms with van der Waals surface area (Å²) in [7, 11) is 0. The number of aromatic hydroxyl groups is 1. The average Bonchev–Trinajstić information content (AvgIpc) is 2.40. The molecule has 0 unspecified atom stereocenters. The first kappa shape index (κ1) is 14.4. The Bertz CT molecular complexity index is 428. The lowest BCUT2D eigenvalue weighted by atomic mass is 9.70. The molecule has 1 N–H and O–H groups in total. The number of phenolic OH excluding ortho intramolecular Hbond substituents is 1. The molecule has 19 heavy (non-hydrogen) atoms. The van der Waals surface area contributed by atoms with Crippen LogP contribution in [0.4, 0.5) is 0 Å². The molecule has 0 amide bonds. The highest BCUT2D eigenvalue weighted by Gasteiger charge is 2.31. The minimum atomic E-state index is 0.190. The summed E-state index contributed by atoms with van der Waals surface area (Å²) < 4.78 is 0. The molecule has 0 heterocycles. The number of unbranched alkanes of at least 4 members (excludes halogenated alkanes) is 1. The van der Waals surface area contributed by atoms with Gasteiger partial charge in [-0.3, -0.25) is 0 Å². The van der Waals surface area contributed by atoms with Crippen LogP contribution in [-0.4, -0.2) is 5.11 Å². The largest absolute Gasteiger partial charge is 0.507 e. The van der Waals surface area contributed by atoms with Gasteiger partial charge < -0.3 is 5.11 Å². The lowest BCUT2D eigenvalue weighted by molar-refractivity contribution is 0.307. The molecule has 2 rings (SSSR count). The SMILES string of the molecule is CCCCc1cc(C)cc(C2(C)CCCCC2)c1O. The van der Waals surface area contributed by atoms with E-state index in [9.17, 15) is 5.11 Å². The molecule has 1 aliphatic rings. The van der Waals surface area contributed by atoms with Gasteiger partial charge in [0, 0.05) is 5.56 Å². The second-order valence-corrected chi connectivity index (χ2v) is 6.55. The van der Waals surface area contributed by atoms with Crippen molar-refractivity contribution in [2.24, 2.45) is 0 Å². The minimum Gasteiger partial charge on any atom is -0.507 e. The molecule has 1 aliphatic carbocycles. The standard InChI is InChI=1S/C18H28O/c1-4-5-9-15-12-14(2)13-16(17(15)19)18(3)10-7-6-8-11-18/h12-13,19H,4-11H2,1-3H3. The monoisotopic (exact) mass is 260 g/mol. The summed E-state index contributed by atoms with van der Waals surface area (Å²) in [5, 5.41) is 10.7. The highest BCUT2D eigenvalue weighted by atomic mass is 16.3. The Balaban J connectivity index is 2.36. The Morgan fingerprint density at radius 1 is 1.16 bits per heavy atom. The van der Waals surface area contributed by atoms with E-state index < -0.39 is 0 Å². The molecule has 1 fully saturated rings. The van der Waals surface area contributed by atoms with Crippen molar-refractivity contribution < 1.29 is 5.11 Å². The number of aryl methyl sites for hydroxylation is 2. The van der Waals surface area contributed by atoms with Gasteiger partial charge >= 0.3 is 0 Å². The molecule has 0 bridgehead atoms. The fourth-order valence-electron chi connectivity index (χ4n) is 3.47. The van der Waals surface area contributed by atoms with Crippen LogP contribution in [0.15, 0.2) is 12.1 Å². The molecular weight excluding hydrogens is 232 g/mol. The molecule has 1 nitrogen and oxygen atoms in total. The van der Waals surface area contributed by atoms with Crippen molar-refractivity contribution >= 4 is 0 Å². The van der Waals surface area contributed by atoms with Crippen molar-refractivity contribution in [3.8, 4) is 5.75 Å². The third kappa shape index (κ3) is 3.13. The van der Waals surface area contributed by atoms with Crippen LogP contribution in [0.2, 0.25) is 0 Å². The Hall–Kier alpha value is -0.980. The predicted molar refractivity (Wildman–Crippen MR) is 81.9 cm³/mol. The molecule has 1 heteroatoms. The first-order valence-electron chi connectivity index (χ1n) is 7.90. The van der Waals surface area contributed by atoms with E-state index in [-0.39, 0.29) is 5.41 Å². The molecule has 0 radical (unpaired) electrons. The van der Waals surface area contributed by atoms with Crippen LogP contribution < -0.4 is 0 Å². The van der Waals surface area contributed by atoms with Gasteiger partial charge in [0.2, 0.25) is 0 Å². The van der Waals surface area contributed by atoms with E-state index in [0.29, 0.717) is 5.75 Å². The molecule has 0 aliphatic heterocycles. The molecule has 1 aromatic rings. The molecule has 1 saturated carbocycles. The molecule has 0 aromatic heterocycles. The summed E-state index contributed by atoms with van der Waals surface area (Å²) in [5.74, 6) is 0.587. The molecule has 0 atom stereocenters. The van der Waals surface area contributed by atoms with Gasteiger partial charge in [-0.1, -0.05) is 57.2 Å². The maximum atomic E-state index is 10.7. The van der Waals surface area contributed by atoms with Gasteiger partial charge in [-0.25, -0.2) is 0 Å². The zero-order valence-corrected chi connectivity index (χ0v) is 12.8. The third-order valence-corrected chi connectivity index (χ3v) is 4.74. The average molecular weight is 260 g/mol. The first-order valence-corrected chi connectivity index (χ1v) is 7.90. The lowest BCUT2D eigenvalue weighted by Gasteiger charge is -2.35. The Morgan fingerprint density at radius 2 is 1.84 bits per heavy atom. The van der Waals surface area contributed by atoms with Crippen LogP contribution in [0.1, 0.15) is 75.5 Å². The zero-order chi connectivity index (χ0) is 13.9. The summed E-state index contributed by atoms with van der Waals surface area (Å²) in [4.78, 5) is 0. The van der Waals surface area contributed by atoms with Gasteiger partial charge in [0.1, 0.15) is 5.75 Å². The number of hydrogen-bond donors (Lipinski definition) is 1. The Kier molecular flexibility index (Phi) is 4.54. The number of hydrogen-bond acceptors (Lipinski definition) is 1. The van der Waals surface area contributed by atoms with E-state index >= 15 is 0 Å². The van der Waals surface area contributed by atoms with E-state index in [4.69, 9.17) is 0 Å². The number of phenols is 1. The molecule has 106 valence electrons. The van der Waals surface area contributed by atoms with Crippen LogP contribution in [0, 0.1) is 6.92 Å². The van der Waals surface area contributed by atoms with Crippen molar-refractivity contribution in [1.29, 1.82) is 0 Å². The van der Waals surface area contributed by atoms with Crippen molar-refractivity contribution in [3.05, 3.63) is 28.8 Å². The van der Waals surface area contributed by atoms with Gasteiger partial charge in [-0.15, -0.1) is 0 Å². The van der Waals surface area contributed by atoms with E-state index in [1.54, 1.807) is 0 Å². The smallest absolute Gasteiger partial charge is 0.122 e. The highest BCUT2D eigenvalue weighted by molar-refractivity contribution is 5.47. The van der Waals surface area contributed by atoms with Gasteiger partial charge in [0.25, 0.3) is 0 Å². The van der Waals surface area contributed by atoms with Crippen LogP contribution in [0.3, 0.4) is 0 Å². The van der Waals surface area contributed by atoms with Gasteiger partial charge in [-0.2, -0.15) is 0 Å². The second-order valence-electron chi connectivity index (χ2n) is 6.55. The number of benzene rings is 1. The third-order valence-electron chi connectivity index (χ3n) is 4.74. The summed E-state index contributed by atoms with van der Waals surface area (Å²) in [5.41, 5.74) is 3.85. The van der Waals surface area contributed by atoms with Gasteiger partial charge in [0.15, 0.2) is 0 Å². The predicted octanol–water partition coefficient (Wildman–Crippen LogP) is 5.27. The fraction of sp³-hybridized carbons (Fsp3) is 0.667. The molecule has 0 spiro atoms. The van der Waals surface area contributed by atoms with Gasteiger partial charge in [-0.05, 0) is 43.6 Å². The quantitative estimate of drug-likeness (QED) is 0.782. The Morgan fingerprint density at radius 3 is 2.47 bits per heavy atom. The topological polar surface area (TPSA) is 20.2 Å². The first-order chi connectivity index (χ1) is 9.07. The van der Waals surface area contributed by atoms with Crippen LogP contribution in [0.25, 0.3) is 0 Å². The summed E-state index contributed by atoms with van der Waals surface area (Å²) in [6.45, 7) is 6.70. The highest BCUT2D eigenvalue weighted by Crippen LogP contribution is 2.44. The zero-order valence-electron chi connectivity index (χ0n) is 12.8. The van der Waals surface area contributed by atoms with Crippen LogP contribution in [-0.2, 0) is 11.8 Å². The maximum Gasteiger partial charge on any atom is 0.122 e. The second kappa shape index (κ2) is 5.98. The van der Waals surface area contributed by atoms with Crippen molar-refractivity contribution in [2.75, 3.05) is 0 Å². The molecular formula is C18H28O. The van der Waals surface area contributed by atoms with Crippen molar-refractivity contribution in [2.45, 2.75) is 77.6 Å². The maximum absolute atomic E-state index is 10.7. The normalized spacial score (nSPS) is 18.5. The lowest BCUT2D eigenvalue weighted by Crippen LogP contribution is -2.25. The van der Waals surface area contributed by atoms with Crippen molar-refractivity contribution in [3.63, 3.8) is 0 Å². The van der Waals surface area contributed by atoms with E-state index in [2.05, 4.69) is 32.9 Å². The summed E-state index contributed by atoms with van der Waals surface area (Å²) in [6.07, 6.45) is 9.74. The fourth-order valence-corrected chi connectivity index (χ4v) is 3.47. The summed E-state index contributed by atoms with van der Waals surface area (Å²) in [6, 6.07) is 4.39. The van der Waals surface area contributed by atoms with E-state index in [1.807, 2.05) is 0 Å². The molecule has 1 aromatic carbocycles. The van der Waals surface area contributed by atoms with Crippen LogP contribution in [0.5, 0.6) is 5.75 Å². The number of rotatable bonds is 4. The Labute approximate surface area is 118 Å². The van der Waals surface area contributed by atoms with Crippen LogP contribution >= 0.6 is 0 Å². The minimum absolute atomic E-state index is 0.190.